The van der Waals surface area contributed by atoms with Gasteiger partial charge in [0, 0.05) is 14.2 Å². The first-order valence-electron chi connectivity index (χ1n) is 4.31. The molecule has 0 aliphatic rings. The highest BCUT2D eigenvalue weighted by Crippen LogP contribution is 2.33. The van der Waals surface area contributed by atoms with E-state index < -0.39 is 0 Å². The Labute approximate surface area is 106 Å². The summed E-state index contributed by atoms with van der Waals surface area (Å²) in [7, 11) is 3.15. The van der Waals surface area contributed by atoms with E-state index >= 15 is 0 Å². The summed E-state index contributed by atoms with van der Waals surface area (Å²) in [5, 5.41) is 0. The molecule has 0 unspecified atom stereocenters. The van der Waals surface area contributed by atoms with Gasteiger partial charge in [-0.3, -0.25) is 0 Å². The number of rotatable bonds is 5. The molecule has 5 heteroatoms. The molecule has 1 aromatic rings. The molecule has 3 nitrogen and oxygen atoms in total. The molecule has 0 aliphatic heterocycles. The van der Waals surface area contributed by atoms with E-state index in [1.165, 1.54) is 0 Å². The molecule has 0 saturated carbocycles. The van der Waals surface area contributed by atoms with Crippen molar-refractivity contribution in [2.24, 2.45) is 0 Å². The lowest BCUT2D eigenvalue weighted by Gasteiger charge is -2.15. The first-order valence-corrected chi connectivity index (χ1v) is 5.90. The van der Waals surface area contributed by atoms with Crippen LogP contribution >= 0.6 is 31.9 Å². The molecule has 0 aliphatic carbocycles. The highest BCUT2D eigenvalue weighted by molar-refractivity contribution is 9.11. The Balaban J connectivity index is 2.64. The molecular weight excluding hydrogens is 328 g/mol. The minimum atomic E-state index is -0.357. The molecule has 0 bridgehead atoms. The second-order valence-electron chi connectivity index (χ2n) is 2.76. The van der Waals surface area contributed by atoms with Gasteiger partial charge in [0.1, 0.15) is 12.4 Å². The largest absolute Gasteiger partial charge is 0.486 e. The fourth-order valence-corrected chi connectivity index (χ4v) is 2.23. The standard InChI is InChI=1S/C10H12Br2O3/c1-13-9(14-2)6-15-10-7(11)4-3-5-8(10)12/h3-5,9H,6H2,1-2H3. The van der Waals surface area contributed by atoms with E-state index in [2.05, 4.69) is 31.9 Å². The number of para-hydroxylation sites is 1. The van der Waals surface area contributed by atoms with Crippen molar-refractivity contribution in [1.29, 1.82) is 0 Å². The molecule has 0 aromatic heterocycles. The summed E-state index contributed by atoms with van der Waals surface area (Å²) in [5.41, 5.74) is 0. The lowest BCUT2D eigenvalue weighted by Crippen LogP contribution is -2.22. The molecule has 15 heavy (non-hydrogen) atoms. The highest BCUT2D eigenvalue weighted by Gasteiger charge is 2.10. The van der Waals surface area contributed by atoms with Crippen molar-refractivity contribution in [2.75, 3.05) is 20.8 Å². The van der Waals surface area contributed by atoms with E-state index in [0.29, 0.717) is 6.61 Å². The van der Waals surface area contributed by atoms with E-state index in [1.807, 2.05) is 18.2 Å². The number of hydrogen-bond donors (Lipinski definition) is 0. The first-order chi connectivity index (χ1) is 7.19. The monoisotopic (exact) mass is 338 g/mol. The molecular formula is C10H12Br2O3. The number of hydrogen-bond acceptors (Lipinski definition) is 3. The van der Waals surface area contributed by atoms with Crippen LogP contribution in [0.4, 0.5) is 0 Å². The van der Waals surface area contributed by atoms with Gasteiger partial charge in [0.15, 0.2) is 6.29 Å². The molecule has 0 atom stereocenters. The minimum absolute atomic E-state index is 0.341. The van der Waals surface area contributed by atoms with Crippen LogP contribution in [0.2, 0.25) is 0 Å². The molecule has 0 spiro atoms. The van der Waals surface area contributed by atoms with Crippen LogP contribution in [-0.2, 0) is 9.47 Å². The summed E-state index contributed by atoms with van der Waals surface area (Å²) in [6.45, 7) is 0.341. The van der Waals surface area contributed by atoms with Crippen LogP contribution in [0.25, 0.3) is 0 Å². The van der Waals surface area contributed by atoms with Gasteiger partial charge in [0.25, 0.3) is 0 Å². The Morgan fingerprint density at radius 2 is 1.67 bits per heavy atom. The lowest BCUT2D eigenvalue weighted by atomic mass is 10.3. The van der Waals surface area contributed by atoms with Crippen LogP contribution in [0, 0.1) is 0 Å². The summed E-state index contributed by atoms with van der Waals surface area (Å²) >= 11 is 6.81. The minimum Gasteiger partial charge on any atom is -0.486 e. The second kappa shape index (κ2) is 6.48. The van der Waals surface area contributed by atoms with Crippen molar-refractivity contribution in [2.45, 2.75) is 6.29 Å². The van der Waals surface area contributed by atoms with Crippen LogP contribution in [-0.4, -0.2) is 27.1 Å². The average Bonchev–Trinajstić information content (AvgIpc) is 2.23. The topological polar surface area (TPSA) is 27.7 Å². The smallest absolute Gasteiger partial charge is 0.191 e. The van der Waals surface area contributed by atoms with Gasteiger partial charge in [-0.1, -0.05) is 6.07 Å². The molecule has 1 rings (SSSR count). The van der Waals surface area contributed by atoms with Crippen LogP contribution in [0.5, 0.6) is 5.75 Å². The third-order valence-corrected chi connectivity index (χ3v) is 3.06. The van der Waals surface area contributed by atoms with Crippen molar-refractivity contribution in [3.05, 3.63) is 27.1 Å². The molecule has 0 heterocycles. The number of benzene rings is 1. The van der Waals surface area contributed by atoms with Crippen LogP contribution < -0.4 is 4.74 Å². The summed E-state index contributed by atoms with van der Waals surface area (Å²) in [6.07, 6.45) is -0.357. The van der Waals surface area contributed by atoms with E-state index in [-0.39, 0.29) is 6.29 Å². The quantitative estimate of drug-likeness (QED) is 0.771. The van der Waals surface area contributed by atoms with Gasteiger partial charge in [-0.25, -0.2) is 0 Å². The maximum absolute atomic E-state index is 5.57. The average molecular weight is 340 g/mol. The Morgan fingerprint density at radius 1 is 1.13 bits per heavy atom. The Kier molecular flexibility index (Phi) is 5.60. The number of ether oxygens (including phenoxy) is 3. The Bertz CT molecular complexity index is 293. The fraction of sp³-hybridized carbons (Fsp3) is 0.400. The van der Waals surface area contributed by atoms with Crippen molar-refractivity contribution < 1.29 is 14.2 Å². The summed E-state index contributed by atoms with van der Waals surface area (Å²) in [4.78, 5) is 0. The molecule has 0 amide bonds. The molecule has 0 N–H and O–H groups in total. The van der Waals surface area contributed by atoms with Crippen LogP contribution in [0.3, 0.4) is 0 Å². The van der Waals surface area contributed by atoms with Crippen molar-refractivity contribution >= 4 is 31.9 Å². The zero-order chi connectivity index (χ0) is 11.3. The van der Waals surface area contributed by atoms with E-state index in [1.54, 1.807) is 14.2 Å². The third-order valence-electron chi connectivity index (χ3n) is 1.81. The van der Waals surface area contributed by atoms with Gasteiger partial charge < -0.3 is 14.2 Å². The summed E-state index contributed by atoms with van der Waals surface area (Å²) < 4.78 is 17.4. The first kappa shape index (κ1) is 13.0. The number of halogens is 2. The summed E-state index contributed by atoms with van der Waals surface area (Å²) in [6, 6.07) is 5.74. The van der Waals surface area contributed by atoms with Gasteiger partial charge >= 0.3 is 0 Å². The zero-order valence-electron chi connectivity index (χ0n) is 8.50. The molecule has 0 radical (unpaired) electrons. The normalized spacial score (nSPS) is 10.7. The molecule has 0 saturated heterocycles. The summed E-state index contributed by atoms with van der Waals surface area (Å²) in [5.74, 6) is 0.747. The molecule has 84 valence electrons. The Hall–Kier alpha value is -0.100. The predicted octanol–water partition coefficient (Wildman–Crippen LogP) is 3.21. The van der Waals surface area contributed by atoms with Crippen LogP contribution in [0.1, 0.15) is 0 Å². The Morgan fingerprint density at radius 3 is 2.13 bits per heavy atom. The van der Waals surface area contributed by atoms with Crippen molar-refractivity contribution in [1.82, 2.24) is 0 Å². The maximum atomic E-state index is 5.57. The van der Waals surface area contributed by atoms with Crippen LogP contribution in [0.15, 0.2) is 27.1 Å². The molecule has 0 fully saturated rings. The third kappa shape index (κ3) is 3.75. The predicted molar refractivity (Wildman–Crippen MR) is 65.1 cm³/mol. The van der Waals surface area contributed by atoms with Gasteiger partial charge in [-0.05, 0) is 44.0 Å². The van der Waals surface area contributed by atoms with E-state index in [4.69, 9.17) is 14.2 Å². The van der Waals surface area contributed by atoms with Gasteiger partial charge in [0.2, 0.25) is 0 Å². The van der Waals surface area contributed by atoms with Gasteiger partial charge in [-0.2, -0.15) is 0 Å². The van der Waals surface area contributed by atoms with Gasteiger partial charge in [-0.15, -0.1) is 0 Å². The molecule has 1 aromatic carbocycles. The maximum Gasteiger partial charge on any atom is 0.191 e. The zero-order valence-corrected chi connectivity index (χ0v) is 11.7. The van der Waals surface area contributed by atoms with E-state index in [9.17, 15) is 0 Å². The SMILES string of the molecule is COC(COc1c(Br)cccc1Br)OC. The highest BCUT2D eigenvalue weighted by atomic mass is 79.9. The van der Waals surface area contributed by atoms with Crippen molar-refractivity contribution in [3.8, 4) is 5.75 Å². The lowest BCUT2D eigenvalue weighted by molar-refractivity contribution is -0.122. The van der Waals surface area contributed by atoms with Crippen molar-refractivity contribution in [3.63, 3.8) is 0 Å². The fourth-order valence-electron chi connectivity index (χ4n) is 1.00. The number of methoxy groups -OCH3 is 2. The second-order valence-corrected chi connectivity index (χ2v) is 4.47. The van der Waals surface area contributed by atoms with Gasteiger partial charge in [0.05, 0.1) is 8.95 Å². The van der Waals surface area contributed by atoms with E-state index in [0.717, 1.165) is 14.7 Å².